The number of carboxylic acids is 1. The number of benzene rings is 2. The molecule has 0 saturated heterocycles. The largest absolute Gasteiger partial charge is 0.481 e. The molecule has 2 aromatic rings. The molecule has 0 heterocycles. The highest BCUT2D eigenvalue weighted by Crippen LogP contribution is 2.31. The molecule has 130 valence electrons. The number of carboxylic acid groups (broad SMARTS) is 1. The zero-order valence-corrected chi connectivity index (χ0v) is 14.1. The van der Waals surface area contributed by atoms with Gasteiger partial charge in [0.25, 0.3) is 0 Å². The summed E-state index contributed by atoms with van der Waals surface area (Å²) in [5.41, 5.74) is 2.04. The van der Waals surface area contributed by atoms with Gasteiger partial charge in [-0.1, -0.05) is 67.1 Å². The van der Waals surface area contributed by atoms with E-state index in [4.69, 9.17) is 0 Å². The van der Waals surface area contributed by atoms with Crippen LogP contribution >= 0.6 is 0 Å². The molecule has 2 N–H and O–H groups in total. The SMILES string of the molecule is O=C(O)C1CCCC(C(=O)NC(c2ccccc2)c2ccccc2)C1. The van der Waals surface area contributed by atoms with Gasteiger partial charge in [0, 0.05) is 5.92 Å². The van der Waals surface area contributed by atoms with Gasteiger partial charge in [0.15, 0.2) is 0 Å². The molecule has 0 aromatic heterocycles. The molecular weight excluding hydrogens is 314 g/mol. The van der Waals surface area contributed by atoms with Gasteiger partial charge in [-0.25, -0.2) is 0 Å². The summed E-state index contributed by atoms with van der Waals surface area (Å²) in [4.78, 5) is 24.1. The average Bonchev–Trinajstić information content (AvgIpc) is 2.67. The average molecular weight is 337 g/mol. The molecule has 2 atom stereocenters. The number of aliphatic carboxylic acids is 1. The molecule has 4 heteroatoms. The van der Waals surface area contributed by atoms with Gasteiger partial charge in [-0.15, -0.1) is 0 Å². The third kappa shape index (κ3) is 4.27. The maximum absolute atomic E-state index is 12.8. The first-order valence-corrected chi connectivity index (χ1v) is 8.78. The number of hydrogen-bond acceptors (Lipinski definition) is 2. The van der Waals surface area contributed by atoms with Crippen LogP contribution in [0.3, 0.4) is 0 Å². The van der Waals surface area contributed by atoms with Crippen LogP contribution in [0.5, 0.6) is 0 Å². The minimum absolute atomic E-state index is 0.0522. The molecule has 2 aromatic carbocycles. The minimum atomic E-state index is -0.792. The fraction of sp³-hybridized carbons (Fsp3) is 0.333. The monoisotopic (exact) mass is 337 g/mol. The molecule has 1 amide bonds. The van der Waals surface area contributed by atoms with Crippen molar-refractivity contribution >= 4 is 11.9 Å². The van der Waals surface area contributed by atoms with Crippen molar-refractivity contribution in [2.45, 2.75) is 31.7 Å². The van der Waals surface area contributed by atoms with Crippen LogP contribution in [0.2, 0.25) is 0 Å². The Balaban J connectivity index is 1.78. The van der Waals surface area contributed by atoms with Crippen LogP contribution < -0.4 is 5.32 Å². The van der Waals surface area contributed by atoms with E-state index in [1.165, 1.54) is 0 Å². The highest BCUT2D eigenvalue weighted by molar-refractivity contribution is 5.81. The van der Waals surface area contributed by atoms with Crippen molar-refractivity contribution in [1.82, 2.24) is 5.32 Å². The number of carbonyl (C=O) groups excluding carboxylic acids is 1. The molecule has 25 heavy (non-hydrogen) atoms. The van der Waals surface area contributed by atoms with Crippen molar-refractivity contribution in [2.75, 3.05) is 0 Å². The Morgan fingerprint density at radius 3 is 1.92 bits per heavy atom. The number of nitrogens with one attached hydrogen (secondary N) is 1. The van der Waals surface area contributed by atoms with E-state index in [-0.39, 0.29) is 17.9 Å². The van der Waals surface area contributed by atoms with E-state index in [9.17, 15) is 14.7 Å². The zero-order chi connectivity index (χ0) is 17.6. The van der Waals surface area contributed by atoms with E-state index in [0.29, 0.717) is 12.8 Å². The molecular formula is C21H23NO3. The molecule has 0 aliphatic heterocycles. The first kappa shape index (κ1) is 17.2. The van der Waals surface area contributed by atoms with E-state index in [1.54, 1.807) is 0 Å². The lowest BCUT2D eigenvalue weighted by molar-refractivity contribution is -0.144. The Hall–Kier alpha value is -2.62. The molecule has 3 rings (SSSR count). The molecule has 1 aliphatic carbocycles. The summed E-state index contributed by atoms with van der Waals surface area (Å²) in [5, 5.41) is 12.4. The predicted molar refractivity (Wildman–Crippen MR) is 96.0 cm³/mol. The highest BCUT2D eigenvalue weighted by Gasteiger charge is 2.32. The van der Waals surface area contributed by atoms with Crippen LogP contribution in [0.25, 0.3) is 0 Å². The van der Waals surface area contributed by atoms with Crippen LogP contribution in [-0.4, -0.2) is 17.0 Å². The number of hydrogen-bond donors (Lipinski definition) is 2. The summed E-state index contributed by atoms with van der Waals surface area (Å²) in [6.07, 6.45) is 2.64. The van der Waals surface area contributed by atoms with Crippen LogP contribution in [-0.2, 0) is 9.59 Å². The minimum Gasteiger partial charge on any atom is -0.481 e. The molecule has 0 bridgehead atoms. The maximum Gasteiger partial charge on any atom is 0.306 e. The Kier molecular flexibility index (Phi) is 5.49. The summed E-state index contributed by atoms with van der Waals surface area (Å²) >= 11 is 0. The fourth-order valence-electron chi connectivity index (χ4n) is 3.56. The molecule has 2 unspecified atom stereocenters. The van der Waals surface area contributed by atoms with Crippen LogP contribution in [0.15, 0.2) is 60.7 Å². The van der Waals surface area contributed by atoms with Crippen molar-refractivity contribution in [3.8, 4) is 0 Å². The van der Waals surface area contributed by atoms with E-state index < -0.39 is 11.9 Å². The maximum atomic E-state index is 12.8. The Morgan fingerprint density at radius 1 is 0.880 bits per heavy atom. The predicted octanol–water partition coefficient (Wildman–Crippen LogP) is 3.78. The lowest BCUT2D eigenvalue weighted by Gasteiger charge is -2.28. The lowest BCUT2D eigenvalue weighted by atomic mass is 9.80. The summed E-state index contributed by atoms with van der Waals surface area (Å²) in [6.45, 7) is 0. The van der Waals surface area contributed by atoms with Gasteiger partial charge in [0.05, 0.1) is 12.0 Å². The van der Waals surface area contributed by atoms with Crippen molar-refractivity contribution in [3.05, 3.63) is 71.8 Å². The number of amides is 1. The third-order valence-electron chi connectivity index (χ3n) is 4.95. The Bertz CT molecular complexity index is 675. The fourth-order valence-corrected chi connectivity index (χ4v) is 3.56. The van der Waals surface area contributed by atoms with Gasteiger partial charge >= 0.3 is 5.97 Å². The second-order valence-electron chi connectivity index (χ2n) is 6.66. The Morgan fingerprint density at radius 2 is 1.40 bits per heavy atom. The van der Waals surface area contributed by atoms with Gasteiger partial charge in [0.2, 0.25) is 5.91 Å². The topological polar surface area (TPSA) is 66.4 Å². The van der Waals surface area contributed by atoms with E-state index in [2.05, 4.69) is 5.32 Å². The summed E-state index contributed by atoms with van der Waals surface area (Å²) in [6, 6.07) is 19.5. The molecule has 0 spiro atoms. The smallest absolute Gasteiger partial charge is 0.306 e. The summed E-state index contributed by atoms with van der Waals surface area (Å²) in [5.74, 6) is -1.48. The van der Waals surface area contributed by atoms with Gasteiger partial charge in [-0.2, -0.15) is 0 Å². The molecule has 0 radical (unpaired) electrons. The van der Waals surface area contributed by atoms with Crippen molar-refractivity contribution in [2.24, 2.45) is 11.8 Å². The normalized spacial score (nSPS) is 20.2. The van der Waals surface area contributed by atoms with Crippen molar-refractivity contribution < 1.29 is 14.7 Å². The number of rotatable bonds is 5. The Labute approximate surface area is 147 Å². The number of carbonyl (C=O) groups is 2. The quantitative estimate of drug-likeness (QED) is 0.872. The zero-order valence-electron chi connectivity index (χ0n) is 14.1. The van der Waals surface area contributed by atoms with Gasteiger partial charge in [-0.05, 0) is 30.4 Å². The summed E-state index contributed by atoms with van der Waals surface area (Å²) < 4.78 is 0. The van der Waals surface area contributed by atoms with Gasteiger partial charge in [-0.3, -0.25) is 9.59 Å². The standard InChI is InChI=1S/C21H23NO3/c23-20(17-12-7-13-18(14-17)21(24)25)22-19(15-8-3-1-4-9-15)16-10-5-2-6-11-16/h1-6,8-11,17-19H,7,12-14H2,(H,22,23)(H,24,25). The first-order valence-electron chi connectivity index (χ1n) is 8.78. The second kappa shape index (κ2) is 7.97. The third-order valence-corrected chi connectivity index (χ3v) is 4.95. The van der Waals surface area contributed by atoms with Crippen LogP contribution in [0, 0.1) is 11.8 Å². The van der Waals surface area contributed by atoms with Gasteiger partial charge < -0.3 is 10.4 Å². The van der Waals surface area contributed by atoms with Crippen molar-refractivity contribution in [1.29, 1.82) is 0 Å². The molecule has 1 saturated carbocycles. The van der Waals surface area contributed by atoms with E-state index in [0.717, 1.165) is 24.0 Å². The van der Waals surface area contributed by atoms with E-state index >= 15 is 0 Å². The summed E-state index contributed by atoms with van der Waals surface area (Å²) in [7, 11) is 0. The van der Waals surface area contributed by atoms with Crippen LogP contribution in [0.1, 0.15) is 42.9 Å². The second-order valence-corrected chi connectivity index (χ2v) is 6.66. The highest BCUT2D eigenvalue weighted by atomic mass is 16.4. The van der Waals surface area contributed by atoms with Gasteiger partial charge in [0.1, 0.15) is 0 Å². The van der Waals surface area contributed by atoms with Crippen molar-refractivity contribution in [3.63, 3.8) is 0 Å². The van der Waals surface area contributed by atoms with Crippen LogP contribution in [0.4, 0.5) is 0 Å². The molecule has 1 aliphatic rings. The molecule has 4 nitrogen and oxygen atoms in total. The lowest BCUT2D eigenvalue weighted by Crippen LogP contribution is -2.37. The van der Waals surface area contributed by atoms with E-state index in [1.807, 2.05) is 60.7 Å². The first-order chi connectivity index (χ1) is 12.1. The molecule has 1 fully saturated rings.